The smallest absolute Gasteiger partial charge is 0.269 e. The third-order valence-electron chi connectivity index (χ3n) is 4.71. The average Bonchev–Trinajstić information content (AvgIpc) is 2.93. The van der Waals surface area contributed by atoms with Crippen molar-refractivity contribution in [3.8, 4) is 0 Å². The molecule has 2 aromatic carbocycles. The maximum Gasteiger partial charge on any atom is 0.269 e. The minimum atomic E-state index is -0.907. The number of rotatable bonds is 7. The van der Waals surface area contributed by atoms with Gasteiger partial charge in [-0.3, -0.25) is 24.7 Å². The van der Waals surface area contributed by atoms with Crippen molar-refractivity contribution >= 4 is 46.7 Å². The van der Waals surface area contributed by atoms with Crippen LogP contribution in [0.15, 0.2) is 54.6 Å². The Kier molecular flexibility index (Phi) is 7.02. The summed E-state index contributed by atoms with van der Waals surface area (Å²) in [6.07, 6.45) is 0.555. The van der Waals surface area contributed by atoms with Crippen LogP contribution in [-0.4, -0.2) is 52.4 Å². The van der Waals surface area contributed by atoms with E-state index in [0.717, 1.165) is 5.56 Å². The molecule has 2 aromatic rings. The van der Waals surface area contributed by atoms with Gasteiger partial charge >= 0.3 is 0 Å². The van der Waals surface area contributed by atoms with E-state index in [9.17, 15) is 14.4 Å². The number of nitrogens with one attached hydrogen (secondary N) is 2. The third kappa shape index (κ3) is 5.14. The van der Waals surface area contributed by atoms with Gasteiger partial charge in [0.05, 0.1) is 6.42 Å². The Morgan fingerprint density at radius 2 is 1.77 bits per heavy atom. The zero-order chi connectivity index (χ0) is 21.7. The second kappa shape index (κ2) is 9.69. The summed E-state index contributed by atoms with van der Waals surface area (Å²) >= 11 is 11.1. The molecule has 156 valence electrons. The van der Waals surface area contributed by atoms with Crippen LogP contribution >= 0.6 is 23.8 Å². The van der Waals surface area contributed by atoms with Crippen molar-refractivity contribution in [3.05, 3.63) is 70.7 Å². The van der Waals surface area contributed by atoms with Crippen LogP contribution in [0.3, 0.4) is 0 Å². The van der Waals surface area contributed by atoms with Crippen molar-refractivity contribution in [2.24, 2.45) is 0 Å². The topological polar surface area (TPSA) is 81.8 Å². The summed E-state index contributed by atoms with van der Waals surface area (Å²) < 4.78 is 0. The summed E-state index contributed by atoms with van der Waals surface area (Å²) in [5.74, 6) is -1.10. The molecule has 0 radical (unpaired) electrons. The Labute approximate surface area is 185 Å². The first-order valence-corrected chi connectivity index (χ1v) is 10.1. The Bertz CT molecular complexity index is 952. The number of likely N-dealkylation sites (N-methyl/N-ethyl adjacent to an activating group) is 1. The molecule has 0 saturated carbocycles. The first-order chi connectivity index (χ1) is 14.4. The second-order valence-corrected chi connectivity index (χ2v) is 7.60. The molecular formula is C21H21ClN4O3S. The Hall–Kier alpha value is -2.97. The second-order valence-electron chi connectivity index (χ2n) is 6.80. The molecule has 2 N–H and O–H groups in total. The summed E-state index contributed by atoms with van der Waals surface area (Å²) in [7, 11) is 1.51. The number of halogens is 1. The lowest BCUT2D eigenvalue weighted by atomic mass is 10.1. The molecule has 3 amide bonds. The molecule has 1 aliphatic rings. The molecule has 0 unspecified atom stereocenters. The van der Waals surface area contributed by atoms with Gasteiger partial charge in [0.15, 0.2) is 5.11 Å². The molecule has 1 aliphatic heterocycles. The van der Waals surface area contributed by atoms with Crippen LogP contribution in [0.4, 0.5) is 0 Å². The van der Waals surface area contributed by atoms with Gasteiger partial charge < -0.3 is 5.32 Å². The van der Waals surface area contributed by atoms with Gasteiger partial charge in [-0.1, -0.05) is 41.9 Å². The van der Waals surface area contributed by atoms with Crippen LogP contribution in [0.25, 0.3) is 0 Å². The fourth-order valence-electron chi connectivity index (χ4n) is 3.04. The first kappa shape index (κ1) is 21.7. The molecule has 1 atom stereocenters. The van der Waals surface area contributed by atoms with Gasteiger partial charge in [0.25, 0.3) is 11.8 Å². The molecule has 0 aromatic heterocycles. The number of carbonyl (C=O) groups is 3. The first-order valence-electron chi connectivity index (χ1n) is 9.34. The SMILES string of the molecule is CN1C(=O)[C@@H](CC(=O)NCCc2ccccc2)N(NC(=O)c2ccc(Cl)cc2)C1=S. The maximum atomic E-state index is 12.6. The van der Waals surface area contributed by atoms with E-state index in [2.05, 4.69) is 10.7 Å². The van der Waals surface area contributed by atoms with Crippen molar-refractivity contribution in [1.29, 1.82) is 0 Å². The number of thiocarbonyl (C=S) groups is 1. The number of hydrogen-bond donors (Lipinski definition) is 2. The van der Waals surface area contributed by atoms with Gasteiger partial charge in [-0.15, -0.1) is 0 Å². The van der Waals surface area contributed by atoms with Gasteiger partial charge in [0, 0.05) is 24.2 Å². The van der Waals surface area contributed by atoms with Crippen molar-refractivity contribution in [1.82, 2.24) is 20.7 Å². The lowest BCUT2D eigenvalue weighted by Gasteiger charge is -2.24. The van der Waals surface area contributed by atoms with Crippen molar-refractivity contribution < 1.29 is 14.4 Å². The molecule has 30 heavy (non-hydrogen) atoms. The van der Waals surface area contributed by atoms with E-state index >= 15 is 0 Å². The molecule has 1 saturated heterocycles. The number of benzene rings is 2. The highest BCUT2D eigenvalue weighted by Crippen LogP contribution is 2.18. The third-order valence-corrected chi connectivity index (χ3v) is 5.43. The fourth-order valence-corrected chi connectivity index (χ4v) is 3.43. The summed E-state index contributed by atoms with van der Waals surface area (Å²) in [5.41, 5.74) is 4.09. The molecule has 0 bridgehead atoms. The van der Waals surface area contributed by atoms with Crippen LogP contribution in [-0.2, 0) is 16.0 Å². The van der Waals surface area contributed by atoms with Crippen molar-refractivity contribution in [2.45, 2.75) is 18.9 Å². The lowest BCUT2D eigenvalue weighted by Crippen LogP contribution is -2.50. The largest absolute Gasteiger partial charge is 0.356 e. The summed E-state index contributed by atoms with van der Waals surface area (Å²) in [4.78, 5) is 38.8. The lowest BCUT2D eigenvalue weighted by molar-refractivity contribution is -0.131. The van der Waals surface area contributed by atoms with Crippen LogP contribution in [0, 0.1) is 0 Å². The zero-order valence-electron chi connectivity index (χ0n) is 16.3. The molecule has 1 fully saturated rings. The summed E-state index contributed by atoms with van der Waals surface area (Å²) in [6.45, 7) is 0.446. The van der Waals surface area contributed by atoms with Crippen LogP contribution in [0.2, 0.25) is 5.02 Å². The highest BCUT2D eigenvalue weighted by molar-refractivity contribution is 7.80. The molecule has 7 nitrogen and oxygen atoms in total. The summed E-state index contributed by atoms with van der Waals surface area (Å²) in [6, 6.07) is 15.2. The molecule has 0 spiro atoms. The predicted molar refractivity (Wildman–Crippen MR) is 118 cm³/mol. The highest BCUT2D eigenvalue weighted by Gasteiger charge is 2.42. The standard InChI is InChI=1S/C21H21ClN4O3S/c1-25-20(29)17(13-18(27)23-12-11-14-5-3-2-4-6-14)26(21(25)30)24-19(28)15-7-9-16(22)10-8-15/h2-10,17H,11-13H2,1H3,(H,23,27)(H,24,28)/t17-/m1/s1. The monoisotopic (exact) mass is 444 g/mol. The minimum absolute atomic E-state index is 0.126. The van der Waals surface area contributed by atoms with E-state index in [1.54, 1.807) is 24.3 Å². The Morgan fingerprint density at radius 3 is 2.43 bits per heavy atom. The van der Waals surface area contributed by atoms with Crippen LogP contribution in [0.5, 0.6) is 0 Å². The van der Waals surface area contributed by atoms with Crippen molar-refractivity contribution in [2.75, 3.05) is 13.6 Å². The van der Waals surface area contributed by atoms with Gasteiger partial charge in [0.2, 0.25) is 5.91 Å². The van der Waals surface area contributed by atoms with Gasteiger partial charge in [-0.25, -0.2) is 5.01 Å². The van der Waals surface area contributed by atoms with E-state index in [-0.39, 0.29) is 23.3 Å². The molecule has 1 heterocycles. The van der Waals surface area contributed by atoms with Crippen LogP contribution < -0.4 is 10.7 Å². The van der Waals surface area contributed by atoms with Gasteiger partial charge in [-0.05, 0) is 48.5 Å². The maximum absolute atomic E-state index is 12.6. The van der Waals surface area contributed by atoms with E-state index in [4.69, 9.17) is 23.8 Å². The number of amides is 3. The molecule has 3 rings (SSSR count). The van der Waals surface area contributed by atoms with Gasteiger partial charge in [-0.2, -0.15) is 0 Å². The fraction of sp³-hybridized carbons (Fsp3) is 0.238. The number of nitrogens with zero attached hydrogens (tertiary/aromatic N) is 2. The normalized spacial score (nSPS) is 16.0. The number of carbonyl (C=O) groups excluding carboxylic acids is 3. The highest BCUT2D eigenvalue weighted by atomic mass is 35.5. The van der Waals surface area contributed by atoms with E-state index in [1.165, 1.54) is 17.0 Å². The Balaban J connectivity index is 1.61. The Morgan fingerprint density at radius 1 is 1.10 bits per heavy atom. The quantitative estimate of drug-likeness (QED) is 0.639. The molecule has 0 aliphatic carbocycles. The molecule has 9 heteroatoms. The van der Waals surface area contributed by atoms with Crippen LogP contribution in [0.1, 0.15) is 22.3 Å². The van der Waals surface area contributed by atoms with Gasteiger partial charge in [0.1, 0.15) is 6.04 Å². The zero-order valence-corrected chi connectivity index (χ0v) is 17.9. The average molecular weight is 445 g/mol. The van der Waals surface area contributed by atoms with E-state index in [1.807, 2.05) is 30.3 Å². The van der Waals surface area contributed by atoms with E-state index in [0.29, 0.717) is 23.6 Å². The number of hydrazine groups is 1. The molecular weight excluding hydrogens is 424 g/mol. The van der Waals surface area contributed by atoms with E-state index < -0.39 is 11.9 Å². The minimum Gasteiger partial charge on any atom is -0.356 e. The summed E-state index contributed by atoms with van der Waals surface area (Å²) in [5, 5.41) is 4.71. The number of hydrogen-bond acceptors (Lipinski definition) is 4. The van der Waals surface area contributed by atoms with Crippen molar-refractivity contribution in [3.63, 3.8) is 0 Å². The predicted octanol–water partition coefficient (Wildman–Crippen LogP) is 2.16.